The maximum absolute atomic E-state index is 10.6. The van der Waals surface area contributed by atoms with Crippen molar-refractivity contribution in [3.8, 4) is 5.75 Å². The highest BCUT2D eigenvalue weighted by atomic mass is 16.5. The van der Waals surface area contributed by atoms with E-state index in [9.17, 15) is 5.11 Å². The Morgan fingerprint density at radius 1 is 1.44 bits per heavy atom. The molecule has 1 aromatic rings. The Bertz CT molecular complexity index is 370. The number of aromatic nitrogens is 2. The van der Waals surface area contributed by atoms with Crippen molar-refractivity contribution >= 4 is 0 Å². The van der Waals surface area contributed by atoms with Gasteiger partial charge in [0.25, 0.3) is 0 Å². The van der Waals surface area contributed by atoms with Gasteiger partial charge in [0.2, 0.25) is 0 Å². The summed E-state index contributed by atoms with van der Waals surface area (Å²) < 4.78 is 7.24. The third kappa shape index (κ3) is 2.69. The molecular formula is C14H24N2O2. The van der Waals surface area contributed by atoms with Gasteiger partial charge in [-0.15, -0.1) is 0 Å². The fraction of sp³-hybridized carbons (Fsp3) is 0.786. The molecular weight excluding hydrogens is 228 g/mol. The normalized spacial score (nSPS) is 18.8. The number of aryl methyl sites for hydroxylation is 1. The van der Waals surface area contributed by atoms with Gasteiger partial charge in [0, 0.05) is 6.54 Å². The van der Waals surface area contributed by atoms with E-state index in [0.29, 0.717) is 5.92 Å². The fourth-order valence-corrected chi connectivity index (χ4v) is 2.90. The van der Waals surface area contributed by atoms with Crippen LogP contribution in [0.3, 0.4) is 0 Å². The first-order valence-electron chi connectivity index (χ1n) is 7.05. The number of hydrogen-bond donors (Lipinski definition) is 1. The monoisotopic (exact) mass is 252 g/mol. The zero-order valence-electron chi connectivity index (χ0n) is 11.4. The lowest BCUT2D eigenvalue weighted by Crippen LogP contribution is -2.20. The van der Waals surface area contributed by atoms with E-state index >= 15 is 0 Å². The van der Waals surface area contributed by atoms with E-state index in [0.717, 1.165) is 37.3 Å². The fourth-order valence-electron chi connectivity index (χ4n) is 2.90. The van der Waals surface area contributed by atoms with Gasteiger partial charge in [-0.3, -0.25) is 4.68 Å². The van der Waals surface area contributed by atoms with Gasteiger partial charge in [0.05, 0.1) is 13.3 Å². The third-order valence-corrected chi connectivity index (χ3v) is 3.88. The van der Waals surface area contributed by atoms with Crippen LogP contribution in [0.5, 0.6) is 5.75 Å². The van der Waals surface area contributed by atoms with Crippen molar-refractivity contribution in [3.05, 3.63) is 11.9 Å². The molecule has 0 spiro atoms. The summed E-state index contributed by atoms with van der Waals surface area (Å²) in [6.45, 7) is 2.95. The van der Waals surface area contributed by atoms with E-state index in [-0.39, 0.29) is 0 Å². The van der Waals surface area contributed by atoms with Crippen molar-refractivity contribution < 1.29 is 9.84 Å². The molecule has 0 saturated heterocycles. The van der Waals surface area contributed by atoms with Crippen molar-refractivity contribution in [3.63, 3.8) is 0 Å². The third-order valence-electron chi connectivity index (χ3n) is 3.88. The molecule has 0 aromatic carbocycles. The smallest absolute Gasteiger partial charge is 0.162 e. The average molecular weight is 252 g/mol. The Kier molecular flexibility index (Phi) is 4.64. The number of ether oxygens (including phenoxy) is 1. The maximum Gasteiger partial charge on any atom is 0.162 e. The van der Waals surface area contributed by atoms with E-state index in [4.69, 9.17) is 4.74 Å². The lowest BCUT2D eigenvalue weighted by Gasteiger charge is -2.27. The lowest BCUT2D eigenvalue weighted by molar-refractivity contribution is 0.0742. The molecule has 4 nitrogen and oxygen atoms in total. The second kappa shape index (κ2) is 6.23. The van der Waals surface area contributed by atoms with Crippen LogP contribution in [0.15, 0.2) is 6.20 Å². The summed E-state index contributed by atoms with van der Waals surface area (Å²) in [5.41, 5.74) is 0.867. The molecule has 1 saturated carbocycles. The van der Waals surface area contributed by atoms with E-state index in [1.807, 2.05) is 4.68 Å². The minimum atomic E-state index is -0.436. The first kappa shape index (κ1) is 13.4. The van der Waals surface area contributed by atoms with Crippen molar-refractivity contribution in [1.29, 1.82) is 0 Å². The molecule has 1 fully saturated rings. The van der Waals surface area contributed by atoms with Gasteiger partial charge in [-0.05, 0) is 25.2 Å². The highest BCUT2D eigenvalue weighted by Gasteiger charge is 2.28. The van der Waals surface area contributed by atoms with Gasteiger partial charge < -0.3 is 9.84 Å². The van der Waals surface area contributed by atoms with Crippen LogP contribution in [0.1, 0.15) is 57.2 Å². The van der Waals surface area contributed by atoms with E-state index in [2.05, 4.69) is 12.0 Å². The zero-order chi connectivity index (χ0) is 13.0. The Balaban J connectivity index is 2.20. The summed E-state index contributed by atoms with van der Waals surface area (Å²) in [6.07, 6.45) is 8.27. The van der Waals surface area contributed by atoms with Crippen LogP contribution in [-0.4, -0.2) is 22.0 Å². The van der Waals surface area contributed by atoms with Gasteiger partial charge in [-0.25, -0.2) is 0 Å². The van der Waals surface area contributed by atoms with Crippen molar-refractivity contribution in [2.24, 2.45) is 5.92 Å². The van der Waals surface area contributed by atoms with Crippen molar-refractivity contribution in [1.82, 2.24) is 9.78 Å². The predicted molar refractivity (Wildman–Crippen MR) is 70.6 cm³/mol. The summed E-state index contributed by atoms with van der Waals surface area (Å²) in [5, 5.41) is 14.9. The van der Waals surface area contributed by atoms with Crippen LogP contribution >= 0.6 is 0 Å². The molecule has 2 rings (SSSR count). The Morgan fingerprint density at radius 2 is 2.17 bits per heavy atom. The molecule has 102 valence electrons. The highest BCUT2D eigenvalue weighted by molar-refractivity contribution is 5.27. The number of aliphatic hydroxyl groups is 1. The highest BCUT2D eigenvalue weighted by Crippen LogP contribution is 2.37. The van der Waals surface area contributed by atoms with Gasteiger partial charge in [0.15, 0.2) is 5.75 Å². The standard InChI is InChI=1S/C14H24N2O2/c1-3-9-16-13(12(18-2)10-15-16)14(17)11-7-5-4-6-8-11/h10-11,14,17H,3-9H2,1-2H3. The largest absolute Gasteiger partial charge is 0.493 e. The Morgan fingerprint density at radius 3 is 2.78 bits per heavy atom. The first-order chi connectivity index (χ1) is 8.77. The van der Waals surface area contributed by atoms with Gasteiger partial charge in [-0.2, -0.15) is 5.10 Å². The first-order valence-corrected chi connectivity index (χ1v) is 7.05. The van der Waals surface area contributed by atoms with E-state index in [1.54, 1.807) is 13.3 Å². The number of nitrogens with zero attached hydrogens (tertiary/aromatic N) is 2. The minimum absolute atomic E-state index is 0.361. The summed E-state index contributed by atoms with van der Waals surface area (Å²) >= 11 is 0. The summed E-state index contributed by atoms with van der Waals surface area (Å²) in [5.74, 6) is 1.08. The molecule has 1 N–H and O–H groups in total. The van der Waals surface area contributed by atoms with Crippen LogP contribution in [0.2, 0.25) is 0 Å². The van der Waals surface area contributed by atoms with Crippen LogP contribution < -0.4 is 4.74 Å². The molecule has 4 heteroatoms. The van der Waals surface area contributed by atoms with E-state index < -0.39 is 6.10 Å². The van der Waals surface area contributed by atoms with Crippen LogP contribution in [0.25, 0.3) is 0 Å². The van der Waals surface area contributed by atoms with Crippen molar-refractivity contribution in [2.45, 2.75) is 58.1 Å². The van der Waals surface area contributed by atoms with Crippen LogP contribution in [0, 0.1) is 5.92 Å². The molecule has 1 aromatic heterocycles. The second-order valence-corrected chi connectivity index (χ2v) is 5.16. The van der Waals surface area contributed by atoms with Gasteiger partial charge >= 0.3 is 0 Å². The molecule has 0 aliphatic heterocycles. The van der Waals surface area contributed by atoms with Crippen LogP contribution in [0.4, 0.5) is 0 Å². The van der Waals surface area contributed by atoms with E-state index in [1.165, 1.54) is 19.3 Å². The number of rotatable bonds is 5. The average Bonchev–Trinajstić information content (AvgIpc) is 2.82. The number of methoxy groups -OCH3 is 1. The summed E-state index contributed by atoms with van der Waals surface area (Å²) in [4.78, 5) is 0. The van der Waals surface area contributed by atoms with Crippen LogP contribution in [-0.2, 0) is 6.54 Å². The lowest BCUT2D eigenvalue weighted by atomic mass is 9.84. The molecule has 1 atom stereocenters. The second-order valence-electron chi connectivity index (χ2n) is 5.16. The molecule has 1 aliphatic rings. The van der Waals surface area contributed by atoms with Crippen molar-refractivity contribution in [2.75, 3.05) is 7.11 Å². The van der Waals surface area contributed by atoms with Gasteiger partial charge in [-0.1, -0.05) is 26.2 Å². The maximum atomic E-state index is 10.6. The number of hydrogen-bond acceptors (Lipinski definition) is 3. The quantitative estimate of drug-likeness (QED) is 0.876. The molecule has 0 radical (unpaired) electrons. The summed E-state index contributed by atoms with van der Waals surface area (Å²) in [6, 6.07) is 0. The Labute approximate surface area is 109 Å². The van der Waals surface area contributed by atoms with Gasteiger partial charge in [0.1, 0.15) is 11.8 Å². The Hall–Kier alpha value is -1.03. The topological polar surface area (TPSA) is 47.3 Å². The summed E-state index contributed by atoms with van der Waals surface area (Å²) in [7, 11) is 1.64. The molecule has 1 aliphatic carbocycles. The molecule has 0 bridgehead atoms. The minimum Gasteiger partial charge on any atom is -0.493 e. The predicted octanol–water partition coefficient (Wildman–Crippen LogP) is 2.92. The molecule has 1 unspecified atom stereocenters. The molecule has 0 amide bonds. The molecule has 1 heterocycles. The molecule has 18 heavy (non-hydrogen) atoms. The number of aliphatic hydroxyl groups excluding tert-OH is 1. The SMILES string of the molecule is CCCn1ncc(OC)c1C(O)C1CCCCC1. The zero-order valence-corrected chi connectivity index (χ0v) is 11.4.